The van der Waals surface area contributed by atoms with E-state index in [4.69, 9.17) is 5.11 Å². The topological polar surface area (TPSA) is 74.5 Å². The molecule has 0 saturated carbocycles. The minimum Gasteiger partial charge on any atom is -0.478 e. The summed E-state index contributed by atoms with van der Waals surface area (Å²) >= 11 is 0. The van der Waals surface area contributed by atoms with Gasteiger partial charge < -0.3 is 19.5 Å². The molecule has 32 heavy (non-hydrogen) atoms. The molecule has 3 aromatic rings. The molecule has 7 heteroatoms. The second kappa shape index (κ2) is 8.90. The summed E-state index contributed by atoms with van der Waals surface area (Å²) in [7, 11) is 2.15. The number of hydrogen-bond donors (Lipinski definition) is 1. The van der Waals surface area contributed by atoms with Crippen molar-refractivity contribution in [3.8, 4) is 0 Å². The third-order valence-corrected chi connectivity index (χ3v) is 7.17. The first kappa shape index (κ1) is 20.9. The number of carbonyl (C=O) groups is 1. The van der Waals surface area contributed by atoms with Crippen LogP contribution < -0.4 is 4.90 Å². The van der Waals surface area contributed by atoms with E-state index in [-0.39, 0.29) is 5.56 Å². The first-order chi connectivity index (χ1) is 15.6. The molecule has 1 unspecified atom stereocenters. The number of fused-ring (bicyclic) bond motifs is 1. The van der Waals surface area contributed by atoms with Crippen LogP contribution in [0.25, 0.3) is 10.9 Å². The van der Waals surface area contributed by atoms with Crippen molar-refractivity contribution < 1.29 is 9.90 Å². The van der Waals surface area contributed by atoms with E-state index in [1.165, 1.54) is 48.2 Å². The van der Waals surface area contributed by atoms with Crippen LogP contribution in [-0.2, 0) is 7.05 Å². The molecule has 2 aromatic heterocycles. The van der Waals surface area contributed by atoms with E-state index in [9.17, 15) is 4.79 Å². The normalized spacial score (nSPS) is 20.7. The van der Waals surface area contributed by atoms with Crippen LogP contribution in [0, 0.1) is 5.92 Å². The summed E-state index contributed by atoms with van der Waals surface area (Å²) in [6.45, 7) is 5.36. The van der Waals surface area contributed by atoms with Gasteiger partial charge in [-0.2, -0.15) is 0 Å². The highest BCUT2D eigenvalue weighted by Gasteiger charge is 2.28. The van der Waals surface area contributed by atoms with Crippen molar-refractivity contribution in [2.24, 2.45) is 13.0 Å². The van der Waals surface area contributed by atoms with Gasteiger partial charge in [0.15, 0.2) is 0 Å². The highest BCUT2D eigenvalue weighted by atomic mass is 16.4. The predicted molar refractivity (Wildman–Crippen MR) is 125 cm³/mol. The number of piperidine rings is 2. The molecule has 4 heterocycles. The fourth-order valence-corrected chi connectivity index (χ4v) is 5.45. The van der Waals surface area contributed by atoms with Crippen molar-refractivity contribution in [1.82, 2.24) is 19.4 Å². The lowest BCUT2D eigenvalue weighted by Gasteiger charge is -2.38. The molecule has 2 aliphatic heterocycles. The maximum atomic E-state index is 11.0. The van der Waals surface area contributed by atoms with E-state index in [0.717, 1.165) is 39.0 Å². The number of para-hydroxylation sites is 1. The van der Waals surface area contributed by atoms with E-state index in [0.29, 0.717) is 17.8 Å². The average molecular weight is 434 g/mol. The molecule has 1 N–H and O–H groups in total. The van der Waals surface area contributed by atoms with Crippen LogP contribution in [0.4, 0.5) is 5.95 Å². The Labute approximate surface area is 188 Å². The molecule has 1 atom stereocenters. The number of carboxylic acid groups (broad SMARTS) is 1. The van der Waals surface area contributed by atoms with Gasteiger partial charge in [-0.25, -0.2) is 14.8 Å². The van der Waals surface area contributed by atoms with Crippen molar-refractivity contribution >= 4 is 22.8 Å². The Hall–Kier alpha value is -2.93. The van der Waals surface area contributed by atoms with Gasteiger partial charge in [-0.05, 0) is 55.7 Å². The fourth-order valence-electron chi connectivity index (χ4n) is 5.45. The second-order valence-corrected chi connectivity index (χ2v) is 9.32. The summed E-state index contributed by atoms with van der Waals surface area (Å²) in [5.74, 6) is 0.952. The van der Waals surface area contributed by atoms with Gasteiger partial charge in [0.2, 0.25) is 5.95 Å². The maximum Gasteiger partial charge on any atom is 0.338 e. The molecule has 1 aromatic carbocycles. The Morgan fingerprint density at radius 2 is 1.84 bits per heavy atom. The van der Waals surface area contributed by atoms with E-state index in [1.807, 2.05) is 0 Å². The molecule has 2 aliphatic rings. The van der Waals surface area contributed by atoms with Crippen molar-refractivity contribution in [2.45, 2.75) is 31.6 Å². The largest absolute Gasteiger partial charge is 0.478 e. The molecule has 0 amide bonds. The van der Waals surface area contributed by atoms with Crippen LogP contribution in [0.2, 0.25) is 0 Å². The number of nitrogens with zero attached hydrogens (tertiary/aromatic N) is 5. The molecule has 5 rings (SSSR count). The summed E-state index contributed by atoms with van der Waals surface area (Å²) in [6, 6.07) is 8.76. The molecular weight excluding hydrogens is 402 g/mol. The van der Waals surface area contributed by atoms with Gasteiger partial charge in [-0.3, -0.25) is 0 Å². The van der Waals surface area contributed by atoms with E-state index < -0.39 is 5.97 Å². The first-order valence-electron chi connectivity index (χ1n) is 11.6. The number of likely N-dealkylation sites (tertiary alicyclic amines) is 1. The molecule has 7 nitrogen and oxygen atoms in total. The van der Waals surface area contributed by atoms with Gasteiger partial charge in [0.25, 0.3) is 0 Å². The second-order valence-electron chi connectivity index (χ2n) is 9.32. The molecule has 2 saturated heterocycles. The average Bonchev–Trinajstić information content (AvgIpc) is 3.17. The molecule has 0 bridgehead atoms. The monoisotopic (exact) mass is 433 g/mol. The van der Waals surface area contributed by atoms with Gasteiger partial charge in [0.05, 0.1) is 5.56 Å². The Morgan fingerprint density at radius 3 is 2.59 bits per heavy atom. The highest BCUT2D eigenvalue weighted by molar-refractivity contribution is 5.86. The molecule has 0 aliphatic carbocycles. The van der Waals surface area contributed by atoms with Crippen LogP contribution in [-0.4, -0.2) is 63.2 Å². The molecule has 168 valence electrons. The lowest BCUT2D eigenvalue weighted by atomic mass is 9.89. The minimum absolute atomic E-state index is 0.134. The molecule has 2 fully saturated rings. The van der Waals surface area contributed by atoms with Gasteiger partial charge in [-0.1, -0.05) is 18.2 Å². The van der Waals surface area contributed by atoms with Crippen LogP contribution in [0.1, 0.15) is 47.5 Å². The summed E-state index contributed by atoms with van der Waals surface area (Å²) in [6.07, 6.45) is 9.92. The number of aromatic nitrogens is 3. The highest BCUT2D eigenvalue weighted by Crippen LogP contribution is 2.34. The number of benzene rings is 1. The zero-order chi connectivity index (χ0) is 22.1. The fraction of sp³-hybridized carbons (Fsp3) is 0.480. The standard InChI is InChI=1S/C25H31N5O2/c1-28-17-22(21-6-2-3-7-23(21)28)19-5-4-10-29(16-19)15-18-8-11-30(12-9-18)25-26-13-20(14-27-25)24(31)32/h2-3,6-7,13-14,17-19H,4-5,8-12,15-16H2,1H3,(H,31,32). The van der Waals surface area contributed by atoms with Crippen LogP contribution in [0.5, 0.6) is 0 Å². The van der Waals surface area contributed by atoms with Crippen LogP contribution in [0.3, 0.4) is 0 Å². The zero-order valence-electron chi connectivity index (χ0n) is 18.7. The van der Waals surface area contributed by atoms with Crippen molar-refractivity contribution in [2.75, 3.05) is 37.6 Å². The van der Waals surface area contributed by atoms with Crippen molar-refractivity contribution in [3.05, 3.63) is 54.0 Å². The number of rotatable bonds is 5. The third kappa shape index (κ3) is 4.21. The zero-order valence-corrected chi connectivity index (χ0v) is 18.7. The Bertz CT molecular complexity index is 1090. The summed E-state index contributed by atoms with van der Waals surface area (Å²) < 4.78 is 2.27. The lowest BCUT2D eigenvalue weighted by molar-refractivity contribution is 0.0696. The number of carboxylic acids is 1. The van der Waals surface area contributed by atoms with E-state index in [2.05, 4.69) is 61.8 Å². The van der Waals surface area contributed by atoms with Crippen LogP contribution >= 0.6 is 0 Å². The Kier molecular flexibility index (Phi) is 5.83. The Morgan fingerprint density at radius 1 is 1.09 bits per heavy atom. The first-order valence-corrected chi connectivity index (χ1v) is 11.6. The quantitative estimate of drug-likeness (QED) is 0.660. The van der Waals surface area contributed by atoms with E-state index >= 15 is 0 Å². The van der Waals surface area contributed by atoms with Crippen molar-refractivity contribution in [3.63, 3.8) is 0 Å². The summed E-state index contributed by atoms with van der Waals surface area (Å²) in [4.78, 5) is 24.4. The predicted octanol–water partition coefficient (Wildman–Crippen LogP) is 3.76. The molecular formula is C25H31N5O2. The van der Waals surface area contributed by atoms with Gasteiger partial charge in [-0.15, -0.1) is 0 Å². The molecule has 0 radical (unpaired) electrons. The lowest BCUT2D eigenvalue weighted by Crippen LogP contribution is -2.42. The molecule has 0 spiro atoms. The maximum absolute atomic E-state index is 11.0. The third-order valence-electron chi connectivity index (χ3n) is 7.17. The van der Waals surface area contributed by atoms with Crippen molar-refractivity contribution in [1.29, 1.82) is 0 Å². The van der Waals surface area contributed by atoms with Gasteiger partial charge in [0.1, 0.15) is 0 Å². The van der Waals surface area contributed by atoms with Gasteiger partial charge in [0, 0.05) is 62.7 Å². The summed E-state index contributed by atoms with van der Waals surface area (Å²) in [5, 5.41) is 10.4. The Balaban J connectivity index is 1.18. The number of aryl methyl sites for hydroxylation is 1. The van der Waals surface area contributed by atoms with E-state index in [1.54, 1.807) is 0 Å². The van der Waals surface area contributed by atoms with Gasteiger partial charge >= 0.3 is 5.97 Å². The number of aromatic carboxylic acids is 1. The van der Waals surface area contributed by atoms with Crippen LogP contribution in [0.15, 0.2) is 42.9 Å². The smallest absolute Gasteiger partial charge is 0.338 e. The SMILES string of the molecule is Cn1cc(C2CCCN(CC3CCN(c4ncc(C(=O)O)cn4)CC3)C2)c2ccccc21. The summed E-state index contributed by atoms with van der Waals surface area (Å²) in [5.41, 5.74) is 2.96. The number of hydrogen-bond acceptors (Lipinski definition) is 5. The minimum atomic E-state index is -0.987. The number of anilines is 1.